The van der Waals surface area contributed by atoms with Crippen LogP contribution in [0.25, 0.3) is 0 Å². The molecule has 0 aliphatic carbocycles. The topological polar surface area (TPSA) is 73.1 Å². The normalized spacial score (nSPS) is 11.4. The summed E-state index contributed by atoms with van der Waals surface area (Å²) in [4.78, 5) is 12.0. The molecule has 5 heteroatoms. The van der Waals surface area contributed by atoms with Gasteiger partial charge in [0, 0.05) is 0 Å². The molecule has 0 radical (unpaired) electrons. The summed E-state index contributed by atoms with van der Waals surface area (Å²) in [5.41, 5.74) is 0.114. The fourth-order valence-electron chi connectivity index (χ4n) is 1.78. The lowest BCUT2D eigenvalue weighted by atomic mass is 10.1. The van der Waals surface area contributed by atoms with E-state index in [1.165, 1.54) is 12.1 Å². The average molecular weight is 270 g/mol. The van der Waals surface area contributed by atoms with Gasteiger partial charge in [-0.3, -0.25) is 4.79 Å². The minimum Gasteiger partial charge on any atom is -0.507 e. The van der Waals surface area contributed by atoms with Crippen LogP contribution in [0.5, 0.6) is 5.75 Å². The number of phenolic OH excluding ortho intramolecular Hbond substituents is 1. The maximum Gasteiger partial charge on any atom is 0.259 e. The number of nitrogens with zero attached hydrogens (tertiary/aromatic N) is 1. The quantitative estimate of drug-likeness (QED) is 0.900. The van der Waals surface area contributed by atoms with Gasteiger partial charge in [0.25, 0.3) is 5.91 Å². The Kier molecular flexibility index (Phi) is 3.96. The van der Waals surface area contributed by atoms with E-state index < -0.39 is 29.1 Å². The molecule has 100 valence electrons. The largest absolute Gasteiger partial charge is 0.507 e. The molecule has 1 atom stereocenters. The number of hydrogen-bond acceptors (Lipinski definition) is 3. The van der Waals surface area contributed by atoms with Crippen molar-refractivity contribution in [2.75, 3.05) is 0 Å². The third-order valence-electron chi connectivity index (χ3n) is 2.76. The zero-order valence-corrected chi connectivity index (χ0v) is 10.4. The standard InChI is InChI=1S/C15H11FN2O2/c16-11-7-4-8-13(19)14(11)15(20)18-12(9-17)10-5-2-1-3-6-10/h1-8,12,19H,(H,18,20). The lowest BCUT2D eigenvalue weighted by molar-refractivity contribution is 0.0938. The van der Waals surface area contributed by atoms with Crippen LogP contribution in [-0.2, 0) is 0 Å². The molecule has 1 unspecified atom stereocenters. The second kappa shape index (κ2) is 5.85. The lowest BCUT2D eigenvalue weighted by Crippen LogP contribution is -2.28. The molecule has 2 rings (SSSR count). The van der Waals surface area contributed by atoms with Crippen LogP contribution in [0.2, 0.25) is 0 Å². The van der Waals surface area contributed by atoms with Gasteiger partial charge in [-0.15, -0.1) is 0 Å². The summed E-state index contributed by atoms with van der Waals surface area (Å²) in [5.74, 6) is -2.14. The van der Waals surface area contributed by atoms with E-state index in [9.17, 15) is 14.3 Å². The van der Waals surface area contributed by atoms with E-state index in [0.29, 0.717) is 5.56 Å². The van der Waals surface area contributed by atoms with Crippen molar-refractivity contribution >= 4 is 5.91 Å². The zero-order chi connectivity index (χ0) is 14.5. The Morgan fingerprint density at radius 1 is 1.20 bits per heavy atom. The first kappa shape index (κ1) is 13.6. The molecule has 0 heterocycles. The first-order valence-corrected chi connectivity index (χ1v) is 5.86. The Balaban J connectivity index is 2.25. The van der Waals surface area contributed by atoms with E-state index in [1.54, 1.807) is 30.3 Å². The zero-order valence-electron chi connectivity index (χ0n) is 10.4. The van der Waals surface area contributed by atoms with Crippen molar-refractivity contribution in [3.63, 3.8) is 0 Å². The van der Waals surface area contributed by atoms with E-state index in [-0.39, 0.29) is 0 Å². The van der Waals surface area contributed by atoms with Gasteiger partial charge in [-0.2, -0.15) is 5.26 Å². The smallest absolute Gasteiger partial charge is 0.259 e. The molecular weight excluding hydrogens is 259 g/mol. The van der Waals surface area contributed by atoms with E-state index >= 15 is 0 Å². The molecule has 0 saturated carbocycles. The van der Waals surface area contributed by atoms with Gasteiger partial charge in [0.2, 0.25) is 0 Å². The van der Waals surface area contributed by atoms with Gasteiger partial charge in [0.15, 0.2) is 0 Å². The van der Waals surface area contributed by atoms with E-state index in [2.05, 4.69) is 5.32 Å². The lowest BCUT2D eigenvalue weighted by Gasteiger charge is -2.13. The van der Waals surface area contributed by atoms with Crippen LogP contribution >= 0.6 is 0 Å². The van der Waals surface area contributed by atoms with Gasteiger partial charge >= 0.3 is 0 Å². The summed E-state index contributed by atoms with van der Waals surface area (Å²) in [6.45, 7) is 0. The Hall–Kier alpha value is -2.87. The molecule has 4 nitrogen and oxygen atoms in total. The van der Waals surface area contributed by atoms with Gasteiger partial charge in [-0.05, 0) is 17.7 Å². The summed E-state index contributed by atoms with van der Waals surface area (Å²) in [6.07, 6.45) is 0. The van der Waals surface area contributed by atoms with Crippen LogP contribution in [0.15, 0.2) is 48.5 Å². The number of carbonyl (C=O) groups excluding carboxylic acids is 1. The number of carbonyl (C=O) groups is 1. The summed E-state index contributed by atoms with van der Waals surface area (Å²) in [6, 6.07) is 13.2. The van der Waals surface area contributed by atoms with Crippen molar-refractivity contribution in [1.29, 1.82) is 5.26 Å². The van der Waals surface area contributed by atoms with Crippen LogP contribution < -0.4 is 5.32 Å². The Bertz CT molecular complexity index is 645. The summed E-state index contributed by atoms with van der Waals surface area (Å²) >= 11 is 0. The number of halogens is 1. The Labute approximate surface area is 115 Å². The second-order valence-electron chi connectivity index (χ2n) is 4.08. The summed E-state index contributed by atoms with van der Waals surface area (Å²) in [5, 5.41) is 21.0. The molecule has 0 spiro atoms. The molecular formula is C15H11FN2O2. The van der Waals surface area contributed by atoms with Gasteiger partial charge in [-0.25, -0.2) is 4.39 Å². The number of hydrogen-bond donors (Lipinski definition) is 2. The molecule has 0 saturated heterocycles. The molecule has 0 aliphatic rings. The minimum absolute atomic E-state index is 0.466. The first-order valence-electron chi connectivity index (χ1n) is 5.86. The number of aromatic hydroxyl groups is 1. The number of rotatable bonds is 3. The monoisotopic (exact) mass is 270 g/mol. The highest BCUT2D eigenvalue weighted by atomic mass is 19.1. The minimum atomic E-state index is -0.914. The molecule has 1 amide bonds. The fraction of sp³-hybridized carbons (Fsp3) is 0.0667. The molecule has 0 fully saturated rings. The van der Waals surface area contributed by atoms with E-state index in [4.69, 9.17) is 5.26 Å². The maximum atomic E-state index is 13.6. The molecule has 0 aliphatic heterocycles. The predicted molar refractivity (Wildman–Crippen MR) is 70.3 cm³/mol. The molecule has 0 aromatic heterocycles. The van der Waals surface area contributed by atoms with E-state index in [0.717, 1.165) is 6.07 Å². The van der Waals surface area contributed by atoms with Crippen LogP contribution in [0.3, 0.4) is 0 Å². The maximum absolute atomic E-state index is 13.6. The van der Waals surface area contributed by atoms with Crippen molar-refractivity contribution in [2.24, 2.45) is 0 Å². The van der Waals surface area contributed by atoms with Gasteiger partial charge in [-0.1, -0.05) is 36.4 Å². The van der Waals surface area contributed by atoms with Gasteiger partial charge in [0.1, 0.15) is 23.2 Å². The molecule has 2 aromatic carbocycles. The number of nitriles is 1. The highest BCUT2D eigenvalue weighted by Crippen LogP contribution is 2.21. The number of nitrogens with one attached hydrogen (secondary N) is 1. The molecule has 2 N–H and O–H groups in total. The number of phenols is 1. The molecule has 0 bridgehead atoms. The van der Waals surface area contributed by atoms with Crippen LogP contribution in [0.1, 0.15) is 22.0 Å². The fourth-order valence-corrected chi connectivity index (χ4v) is 1.78. The van der Waals surface area contributed by atoms with Crippen molar-refractivity contribution in [1.82, 2.24) is 5.32 Å². The van der Waals surface area contributed by atoms with Crippen LogP contribution in [0, 0.1) is 17.1 Å². The highest BCUT2D eigenvalue weighted by Gasteiger charge is 2.20. The average Bonchev–Trinajstić information content (AvgIpc) is 2.45. The Morgan fingerprint density at radius 2 is 1.90 bits per heavy atom. The molecule has 2 aromatic rings. The SMILES string of the molecule is N#CC(NC(=O)c1c(O)cccc1F)c1ccccc1. The van der Waals surface area contributed by atoms with Gasteiger partial charge in [0.05, 0.1) is 6.07 Å². The predicted octanol–water partition coefficient (Wildman–Crippen LogP) is 2.53. The third kappa shape index (κ3) is 2.75. The third-order valence-corrected chi connectivity index (χ3v) is 2.76. The molecule has 20 heavy (non-hydrogen) atoms. The van der Waals surface area contributed by atoms with Crippen molar-refractivity contribution < 1.29 is 14.3 Å². The highest BCUT2D eigenvalue weighted by molar-refractivity contribution is 5.97. The van der Waals surface area contributed by atoms with Gasteiger partial charge < -0.3 is 10.4 Å². The van der Waals surface area contributed by atoms with Crippen molar-refractivity contribution in [3.05, 3.63) is 65.5 Å². The van der Waals surface area contributed by atoms with E-state index in [1.807, 2.05) is 6.07 Å². The Morgan fingerprint density at radius 3 is 2.50 bits per heavy atom. The second-order valence-corrected chi connectivity index (χ2v) is 4.08. The van der Waals surface area contributed by atoms with Crippen molar-refractivity contribution in [3.8, 4) is 11.8 Å². The summed E-state index contributed by atoms with van der Waals surface area (Å²) in [7, 11) is 0. The first-order chi connectivity index (χ1) is 9.63. The number of benzene rings is 2. The van der Waals surface area contributed by atoms with Crippen molar-refractivity contribution in [2.45, 2.75) is 6.04 Å². The van der Waals surface area contributed by atoms with Crippen LogP contribution in [-0.4, -0.2) is 11.0 Å². The van der Waals surface area contributed by atoms with Crippen LogP contribution in [0.4, 0.5) is 4.39 Å². The summed E-state index contributed by atoms with van der Waals surface area (Å²) < 4.78 is 13.6. The number of amides is 1.